The van der Waals surface area contributed by atoms with Gasteiger partial charge >= 0.3 is 0 Å². The number of ether oxygens (including phenoxy) is 1. The largest absolute Gasteiger partial charge is 0.496 e. The monoisotopic (exact) mass is 355 g/mol. The molecule has 0 radical (unpaired) electrons. The molecule has 0 saturated carbocycles. The van der Waals surface area contributed by atoms with E-state index in [1.165, 1.54) is 0 Å². The van der Waals surface area contributed by atoms with Gasteiger partial charge < -0.3 is 14.6 Å². The van der Waals surface area contributed by atoms with Crippen LogP contribution in [0.1, 0.15) is 37.5 Å². The molecule has 2 heterocycles. The number of carbonyl (C=O) groups is 1. The van der Waals surface area contributed by atoms with Gasteiger partial charge in [0.05, 0.1) is 12.7 Å². The number of carbonyl (C=O) groups excluding carboxylic acids is 1. The summed E-state index contributed by atoms with van der Waals surface area (Å²) in [7, 11) is 3.54. The van der Waals surface area contributed by atoms with Gasteiger partial charge in [0.25, 0.3) is 5.91 Å². The summed E-state index contributed by atoms with van der Waals surface area (Å²) in [5.74, 6) is 1.36. The van der Waals surface area contributed by atoms with Crippen molar-refractivity contribution in [1.82, 2.24) is 14.9 Å². The van der Waals surface area contributed by atoms with Gasteiger partial charge in [-0.25, -0.2) is 4.98 Å². The van der Waals surface area contributed by atoms with Crippen molar-refractivity contribution in [3.63, 3.8) is 0 Å². The molecule has 0 aliphatic rings. The zero-order valence-electron chi connectivity index (χ0n) is 14.7. The topological polar surface area (TPSA) is 56.1 Å². The van der Waals surface area contributed by atoms with Crippen LogP contribution in [-0.4, -0.2) is 22.6 Å². The summed E-state index contributed by atoms with van der Waals surface area (Å²) in [5, 5.41) is 3.13. The molecule has 0 aliphatic carbocycles. The summed E-state index contributed by atoms with van der Waals surface area (Å²) in [5.41, 5.74) is 1.58. The molecule has 0 fully saturated rings. The molecule has 3 rings (SSSR count). The Hall–Kier alpha value is -2.60. The van der Waals surface area contributed by atoms with Crippen LogP contribution in [0.5, 0.6) is 5.75 Å². The molecule has 0 spiro atoms. The van der Waals surface area contributed by atoms with E-state index in [2.05, 4.69) is 10.3 Å². The highest BCUT2D eigenvalue weighted by molar-refractivity contribution is 7.12. The molecule has 1 N–H and O–H groups in total. The molecule has 25 heavy (non-hydrogen) atoms. The quantitative estimate of drug-likeness (QED) is 0.760. The fourth-order valence-electron chi connectivity index (χ4n) is 2.91. The molecular formula is C19H21N3O2S. The van der Waals surface area contributed by atoms with Crippen LogP contribution in [0.3, 0.4) is 0 Å². The van der Waals surface area contributed by atoms with Crippen molar-refractivity contribution in [2.24, 2.45) is 7.05 Å². The molecule has 6 heteroatoms. The number of aryl methyl sites for hydroxylation is 3. The van der Waals surface area contributed by atoms with Gasteiger partial charge in [-0.15, -0.1) is 11.3 Å². The van der Waals surface area contributed by atoms with Crippen LogP contribution in [0.4, 0.5) is 0 Å². The molecule has 1 aromatic carbocycles. The lowest BCUT2D eigenvalue weighted by atomic mass is 10.0. The number of methoxy groups -OCH3 is 1. The Bertz CT molecular complexity index is 898. The molecule has 1 atom stereocenters. The highest BCUT2D eigenvalue weighted by Crippen LogP contribution is 2.30. The fourth-order valence-corrected chi connectivity index (χ4v) is 3.83. The molecule has 0 saturated heterocycles. The van der Waals surface area contributed by atoms with E-state index in [0.717, 1.165) is 21.1 Å². The Morgan fingerprint density at radius 1 is 1.32 bits per heavy atom. The first-order valence-corrected chi connectivity index (χ1v) is 8.81. The van der Waals surface area contributed by atoms with E-state index in [1.807, 2.05) is 62.0 Å². The average Bonchev–Trinajstić information content (AvgIpc) is 3.17. The third-order valence-electron chi connectivity index (χ3n) is 4.13. The van der Waals surface area contributed by atoms with Crippen molar-refractivity contribution in [2.45, 2.75) is 19.9 Å². The second-order valence-electron chi connectivity index (χ2n) is 5.87. The van der Waals surface area contributed by atoms with Crippen molar-refractivity contribution in [3.05, 3.63) is 69.4 Å². The lowest BCUT2D eigenvalue weighted by molar-refractivity contribution is 0.0940. The second kappa shape index (κ2) is 7.11. The predicted octanol–water partition coefficient (Wildman–Crippen LogP) is 3.63. The van der Waals surface area contributed by atoms with Crippen LogP contribution in [0.25, 0.3) is 0 Å². The smallest absolute Gasteiger partial charge is 0.253 e. The van der Waals surface area contributed by atoms with Gasteiger partial charge in [-0.2, -0.15) is 0 Å². The van der Waals surface area contributed by atoms with E-state index >= 15 is 0 Å². The number of benzene rings is 1. The van der Waals surface area contributed by atoms with Crippen molar-refractivity contribution >= 4 is 17.2 Å². The summed E-state index contributed by atoms with van der Waals surface area (Å²) in [4.78, 5) is 19.5. The van der Waals surface area contributed by atoms with Gasteiger partial charge in [0.15, 0.2) is 0 Å². The number of nitrogens with one attached hydrogen (secondary N) is 1. The summed E-state index contributed by atoms with van der Waals surface area (Å²) >= 11 is 1.62. The Labute approximate surface area is 151 Å². The molecule has 0 bridgehead atoms. The van der Waals surface area contributed by atoms with Crippen LogP contribution >= 0.6 is 11.3 Å². The van der Waals surface area contributed by atoms with Crippen LogP contribution in [0.15, 0.2) is 42.7 Å². The number of nitrogens with zero attached hydrogens (tertiary/aromatic N) is 2. The van der Waals surface area contributed by atoms with E-state index in [4.69, 9.17) is 4.74 Å². The normalized spacial score (nSPS) is 12.0. The van der Waals surface area contributed by atoms with E-state index in [0.29, 0.717) is 11.3 Å². The minimum Gasteiger partial charge on any atom is -0.496 e. The van der Waals surface area contributed by atoms with E-state index < -0.39 is 6.04 Å². The number of imidazole rings is 1. The minimum atomic E-state index is -0.400. The summed E-state index contributed by atoms with van der Waals surface area (Å²) in [6.07, 6.45) is 3.59. The van der Waals surface area contributed by atoms with Gasteiger partial charge in [-0.1, -0.05) is 18.2 Å². The van der Waals surface area contributed by atoms with Crippen molar-refractivity contribution < 1.29 is 9.53 Å². The molecular weight excluding hydrogens is 334 g/mol. The number of hydrogen-bond acceptors (Lipinski definition) is 4. The third kappa shape index (κ3) is 3.44. The Kier molecular flexibility index (Phi) is 4.90. The lowest BCUT2D eigenvalue weighted by Gasteiger charge is -2.21. The molecule has 1 amide bonds. The highest BCUT2D eigenvalue weighted by Gasteiger charge is 2.25. The van der Waals surface area contributed by atoms with Gasteiger partial charge in [-0.3, -0.25) is 4.79 Å². The van der Waals surface area contributed by atoms with Gasteiger partial charge in [0.1, 0.15) is 17.6 Å². The zero-order chi connectivity index (χ0) is 18.0. The van der Waals surface area contributed by atoms with Gasteiger partial charge in [0.2, 0.25) is 0 Å². The maximum absolute atomic E-state index is 12.9. The Morgan fingerprint density at radius 3 is 2.68 bits per heavy atom. The van der Waals surface area contributed by atoms with E-state index in [-0.39, 0.29) is 5.91 Å². The molecule has 1 unspecified atom stereocenters. The van der Waals surface area contributed by atoms with Crippen LogP contribution in [0, 0.1) is 13.8 Å². The maximum Gasteiger partial charge on any atom is 0.253 e. The standard InChI is InChI=1S/C19H21N3O2S/c1-12-11-15(13(2)25-12)19(23)21-17(18-20-9-10-22(18)3)14-7-5-6-8-16(14)24-4/h5-11,17H,1-4H3,(H,21,23). The van der Waals surface area contributed by atoms with Gasteiger partial charge in [-0.05, 0) is 26.0 Å². The molecule has 3 aromatic rings. The number of thiophene rings is 1. The fraction of sp³-hybridized carbons (Fsp3) is 0.263. The summed E-state index contributed by atoms with van der Waals surface area (Å²) in [6, 6.07) is 9.20. The first-order chi connectivity index (χ1) is 12.0. The van der Waals surface area contributed by atoms with Gasteiger partial charge in [0, 0.05) is 34.8 Å². The summed E-state index contributed by atoms with van der Waals surface area (Å²) < 4.78 is 7.40. The Balaban J connectivity index is 2.02. The third-order valence-corrected chi connectivity index (χ3v) is 5.09. The predicted molar refractivity (Wildman–Crippen MR) is 99.3 cm³/mol. The Morgan fingerprint density at radius 2 is 2.08 bits per heavy atom. The first kappa shape index (κ1) is 17.2. The number of hydrogen-bond donors (Lipinski definition) is 1. The number of aromatic nitrogens is 2. The lowest BCUT2D eigenvalue weighted by Crippen LogP contribution is -2.31. The molecule has 2 aromatic heterocycles. The van der Waals surface area contributed by atoms with Crippen LogP contribution < -0.4 is 10.1 Å². The van der Waals surface area contributed by atoms with Crippen molar-refractivity contribution in [1.29, 1.82) is 0 Å². The number of para-hydroxylation sites is 1. The summed E-state index contributed by atoms with van der Waals surface area (Å²) in [6.45, 7) is 3.97. The van der Waals surface area contributed by atoms with Crippen LogP contribution in [0.2, 0.25) is 0 Å². The average molecular weight is 355 g/mol. The van der Waals surface area contributed by atoms with E-state index in [1.54, 1.807) is 24.6 Å². The maximum atomic E-state index is 12.9. The highest BCUT2D eigenvalue weighted by atomic mass is 32.1. The van der Waals surface area contributed by atoms with Crippen molar-refractivity contribution in [3.8, 4) is 5.75 Å². The zero-order valence-corrected chi connectivity index (χ0v) is 15.6. The molecule has 5 nitrogen and oxygen atoms in total. The SMILES string of the molecule is COc1ccccc1C(NC(=O)c1cc(C)sc1C)c1nccn1C. The molecule has 0 aliphatic heterocycles. The number of amides is 1. The second-order valence-corrected chi connectivity index (χ2v) is 7.33. The van der Waals surface area contributed by atoms with Crippen LogP contribution in [-0.2, 0) is 7.05 Å². The first-order valence-electron chi connectivity index (χ1n) is 7.99. The van der Waals surface area contributed by atoms with E-state index in [9.17, 15) is 4.79 Å². The number of rotatable bonds is 5. The molecule has 130 valence electrons. The minimum absolute atomic E-state index is 0.110. The van der Waals surface area contributed by atoms with Crippen molar-refractivity contribution in [2.75, 3.05) is 7.11 Å².